The third-order valence-electron chi connectivity index (χ3n) is 10.7. The summed E-state index contributed by atoms with van der Waals surface area (Å²) in [4.78, 5) is 54.0. The Morgan fingerprint density at radius 2 is 1.79 bits per heavy atom. The van der Waals surface area contributed by atoms with Crippen LogP contribution in [0.5, 0.6) is 5.75 Å². The van der Waals surface area contributed by atoms with Gasteiger partial charge in [-0.2, -0.15) is 14.5 Å². The topological polar surface area (TPSA) is 112 Å². The maximum Gasteiger partial charge on any atom is 0.275 e. The molecule has 5 heterocycles. The van der Waals surface area contributed by atoms with E-state index in [0.29, 0.717) is 53.8 Å². The molecule has 2 unspecified atom stereocenters. The number of anilines is 2. The van der Waals surface area contributed by atoms with Crippen molar-refractivity contribution in [2.75, 3.05) is 37.8 Å². The minimum Gasteiger partial charge on any atom is -0.492 e. The van der Waals surface area contributed by atoms with Crippen molar-refractivity contribution in [2.24, 2.45) is 16.8 Å². The maximum absolute atomic E-state index is 14.5. The second-order valence-corrected chi connectivity index (χ2v) is 14.0. The number of ether oxygens (including phenoxy) is 1. The predicted octanol–water partition coefficient (Wildman–Crippen LogP) is 4.32. The number of ketones is 1. The molecule has 0 radical (unpaired) electrons. The van der Waals surface area contributed by atoms with Gasteiger partial charge in [0.2, 0.25) is 17.7 Å². The lowest BCUT2D eigenvalue weighted by Crippen LogP contribution is -3.11. The number of amides is 2. The Balaban J connectivity index is 0.963. The van der Waals surface area contributed by atoms with Crippen molar-refractivity contribution in [2.45, 2.75) is 44.6 Å². The average Bonchev–Trinajstić information content (AvgIpc) is 3.83. The van der Waals surface area contributed by atoms with Crippen LogP contribution in [0.1, 0.15) is 48.9 Å². The number of pyridine rings is 1. The number of aliphatic imine (C=N–C) groups is 1. The normalized spacial score (nSPS) is 24.3. The molecule has 2 aromatic carbocycles. The van der Waals surface area contributed by atoms with Gasteiger partial charge in [-0.25, -0.2) is 9.88 Å². The Labute approximate surface area is 300 Å². The van der Waals surface area contributed by atoms with E-state index in [1.807, 2.05) is 42.5 Å². The van der Waals surface area contributed by atoms with Crippen molar-refractivity contribution in [3.63, 3.8) is 0 Å². The first-order valence-electron chi connectivity index (χ1n) is 18.0. The van der Waals surface area contributed by atoms with Crippen molar-refractivity contribution in [3.05, 3.63) is 96.5 Å². The monoisotopic (exact) mass is 708 g/mol. The summed E-state index contributed by atoms with van der Waals surface area (Å²) < 4.78 is 34.1. The standard InChI is InChI=1S/C39H39F2N7O4/c40-34-21-31-33(22-42-34)48(29-5-3-4-27(20-29)25-8-12-30(13-9-25)52-19-18-45-15-1-2-16-45)39(51)36(37(31)49)26-6-10-28(11-7-26)43-38(50)32-23-46-24-47(41)17-14-35(46)44-32/h3-5,8-9,12-14,17,20-23,26,28,36H,1-2,6-7,10-11,15-16,18-19,24H2,(H,43,50)/p+1. The first-order valence-corrected chi connectivity index (χ1v) is 18.0. The predicted molar refractivity (Wildman–Crippen MR) is 190 cm³/mol. The van der Waals surface area contributed by atoms with Gasteiger partial charge in [-0.1, -0.05) is 28.7 Å². The molecule has 52 heavy (non-hydrogen) atoms. The van der Waals surface area contributed by atoms with Gasteiger partial charge < -0.3 is 10.1 Å². The maximum atomic E-state index is 14.5. The summed E-state index contributed by atoms with van der Waals surface area (Å²) in [6, 6.07) is 16.3. The van der Waals surface area contributed by atoms with Crippen molar-refractivity contribution in [1.29, 1.82) is 0 Å². The Bertz CT molecular complexity index is 1970. The highest BCUT2D eigenvalue weighted by Crippen LogP contribution is 2.43. The molecule has 13 heteroatoms. The minimum atomic E-state index is -1.01. The molecule has 2 amide bonds. The van der Waals surface area contributed by atoms with Crippen LogP contribution in [0.2, 0.25) is 0 Å². The first-order chi connectivity index (χ1) is 25.3. The third-order valence-corrected chi connectivity index (χ3v) is 10.7. The highest BCUT2D eigenvalue weighted by molar-refractivity contribution is 6.24. The van der Waals surface area contributed by atoms with Gasteiger partial charge in [-0.3, -0.25) is 24.2 Å². The molecule has 1 saturated carbocycles. The number of amidine groups is 1. The molecular weight excluding hydrogens is 668 g/mol. The van der Waals surface area contributed by atoms with Crippen LogP contribution in [0, 0.1) is 17.8 Å². The van der Waals surface area contributed by atoms with Crippen LogP contribution in [0.4, 0.5) is 20.2 Å². The summed E-state index contributed by atoms with van der Waals surface area (Å²) in [5, 5.41) is 3.56. The van der Waals surface area contributed by atoms with Gasteiger partial charge in [0.05, 0.1) is 11.9 Å². The van der Waals surface area contributed by atoms with Crippen molar-refractivity contribution in [1.82, 2.24) is 20.3 Å². The van der Waals surface area contributed by atoms with E-state index in [2.05, 4.69) is 20.2 Å². The number of hydrogen-bond acceptors (Lipinski definition) is 8. The van der Waals surface area contributed by atoms with Crippen molar-refractivity contribution >= 4 is 34.8 Å². The Morgan fingerprint density at radius 1 is 1.00 bits per heavy atom. The van der Waals surface area contributed by atoms with Crippen LogP contribution >= 0.6 is 0 Å². The summed E-state index contributed by atoms with van der Waals surface area (Å²) in [5.41, 5.74) is 2.96. The van der Waals surface area contributed by atoms with E-state index in [9.17, 15) is 23.3 Å². The fraction of sp³-hybridized carbons (Fsp3) is 0.359. The van der Waals surface area contributed by atoms with E-state index in [4.69, 9.17) is 4.74 Å². The lowest BCUT2D eigenvalue weighted by molar-refractivity contribution is -0.763. The van der Waals surface area contributed by atoms with E-state index < -0.39 is 17.6 Å². The van der Waals surface area contributed by atoms with Gasteiger partial charge in [-0.05, 0) is 92.9 Å². The van der Waals surface area contributed by atoms with Crippen LogP contribution in [0.3, 0.4) is 0 Å². The molecule has 3 aromatic rings. The molecule has 2 N–H and O–H groups in total. The fourth-order valence-corrected chi connectivity index (χ4v) is 7.97. The Kier molecular flexibility index (Phi) is 9.37. The molecule has 0 bridgehead atoms. The molecular formula is C39H40F2N7O4+. The molecule has 268 valence electrons. The van der Waals surface area contributed by atoms with Crippen molar-refractivity contribution in [3.8, 4) is 16.9 Å². The molecule has 8 rings (SSSR count). The number of benzene rings is 2. The van der Waals surface area contributed by atoms with Crippen LogP contribution in [0.25, 0.3) is 11.1 Å². The third kappa shape index (κ3) is 6.85. The lowest BCUT2D eigenvalue weighted by atomic mass is 9.73. The Hall–Kier alpha value is -5.27. The smallest absolute Gasteiger partial charge is 0.275 e. The molecule has 5 aliphatic rings. The molecule has 11 nitrogen and oxygen atoms in total. The number of carbonyl (C=O) groups excluding carboxylic acids is 3. The zero-order valence-electron chi connectivity index (χ0n) is 28.6. The van der Waals surface area contributed by atoms with Crippen LogP contribution < -0.4 is 19.9 Å². The number of aromatic nitrogens is 1. The van der Waals surface area contributed by atoms with Gasteiger partial charge in [0.15, 0.2) is 18.1 Å². The highest BCUT2D eigenvalue weighted by atomic mass is 19.2. The largest absolute Gasteiger partial charge is 0.492 e. The molecule has 0 spiro atoms. The van der Waals surface area contributed by atoms with Crippen LogP contribution in [0.15, 0.2) is 90.0 Å². The number of quaternary nitrogens is 1. The number of hydrogen-bond donors (Lipinski definition) is 2. The first kappa shape index (κ1) is 33.9. The zero-order valence-corrected chi connectivity index (χ0v) is 28.6. The summed E-state index contributed by atoms with van der Waals surface area (Å²) in [6.07, 6.45) is 10.3. The minimum absolute atomic E-state index is 0.0344. The number of fused-ring (bicyclic) bond motifs is 2. The number of Topliss-reactive ketones (excluding diaryl/α,β-unsaturated/α-hetero) is 1. The van der Waals surface area contributed by atoms with E-state index in [0.717, 1.165) is 42.6 Å². The molecule has 4 aliphatic heterocycles. The van der Waals surface area contributed by atoms with E-state index in [-0.39, 0.29) is 47.4 Å². The quantitative estimate of drug-likeness (QED) is 0.194. The molecule has 2 fully saturated rings. The SMILES string of the molecule is O=C(NC1CCC(C2C(=O)c3cc(F)ncc3N(c3cccc(-c4ccc(OCCN5CCCC5)cc4)c3)C2=O)CC1)C1=C[NH+]2CN(F)C=CC2=N1. The van der Waals surface area contributed by atoms with Gasteiger partial charge in [0, 0.05) is 42.2 Å². The number of likely N-dealkylation sites (tertiary alicyclic amines) is 1. The fourth-order valence-electron chi connectivity index (χ4n) is 7.97. The van der Waals surface area contributed by atoms with Crippen LogP contribution in [-0.4, -0.2) is 77.4 Å². The second-order valence-electron chi connectivity index (χ2n) is 14.0. The molecule has 2 atom stereocenters. The van der Waals surface area contributed by atoms with Gasteiger partial charge in [-0.15, -0.1) is 0 Å². The van der Waals surface area contributed by atoms with E-state index >= 15 is 0 Å². The summed E-state index contributed by atoms with van der Waals surface area (Å²) >= 11 is 0. The van der Waals surface area contributed by atoms with E-state index in [1.165, 1.54) is 36.2 Å². The molecule has 1 aliphatic carbocycles. The Morgan fingerprint density at radius 3 is 2.58 bits per heavy atom. The van der Waals surface area contributed by atoms with Gasteiger partial charge in [0.25, 0.3) is 5.91 Å². The molecule has 1 aromatic heterocycles. The number of rotatable bonds is 9. The highest BCUT2D eigenvalue weighted by Gasteiger charge is 2.46. The molecule has 1 saturated heterocycles. The zero-order chi connectivity index (χ0) is 35.8. The van der Waals surface area contributed by atoms with Crippen LogP contribution in [-0.2, 0) is 9.59 Å². The number of carbonyl (C=O) groups is 3. The summed E-state index contributed by atoms with van der Waals surface area (Å²) in [7, 11) is 0. The number of nitrogens with one attached hydrogen (secondary N) is 2. The summed E-state index contributed by atoms with van der Waals surface area (Å²) in [5.74, 6) is -1.87. The summed E-state index contributed by atoms with van der Waals surface area (Å²) in [6.45, 7) is 3.82. The lowest BCUT2D eigenvalue weighted by Gasteiger charge is -2.39. The van der Waals surface area contributed by atoms with Crippen molar-refractivity contribution < 1.29 is 32.9 Å². The number of halogens is 2. The average molecular weight is 709 g/mol. The van der Waals surface area contributed by atoms with Gasteiger partial charge in [0.1, 0.15) is 24.5 Å². The van der Waals surface area contributed by atoms with Gasteiger partial charge >= 0.3 is 0 Å². The second kappa shape index (κ2) is 14.4. The number of nitrogens with zero attached hydrogens (tertiary/aromatic N) is 5. The van der Waals surface area contributed by atoms with E-state index in [1.54, 1.807) is 12.3 Å².